The predicted molar refractivity (Wildman–Crippen MR) is 67.8 cm³/mol. The van der Waals surface area contributed by atoms with Crippen molar-refractivity contribution in [3.8, 4) is 0 Å². The monoisotopic (exact) mass is 250 g/mol. The number of nitrogens with zero attached hydrogens (tertiary/aromatic N) is 1. The zero-order chi connectivity index (χ0) is 13.3. The number of carbonyl (C=O) groups is 2. The third kappa shape index (κ3) is 1.16. The molecule has 100 valence electrons. The number of hydrogen-bond acceptors (Lipinski definition) is 2. The summed E-state index contributed by atoms with van der Waals surface area (Å²) in [5.74, 6) is 1.57. The molecule has 1 N–H and O–H groups in total. The maximum absolute atomic E-state index is 12.2. The summed E-state index contributed by atoms with van der Waals surface area (Å²) in [6.07, 6.45) is 3.49. The van der Waals surface area contributed by atoms with Crippen LogP contribution in [0.4, 0.5) is 4.79 Å². The molecule has 0 aromatic carbocycles. The average Bonchev–Trinajstić information content (AvgIpc) is 2.54. The van der Waals surface area contributed by atoms with Crippen molar-refractivity contribution in [2.75, 3.05) is 7.05 Å². The zero-order valence-electron chi connectivity index (χ0n) is 11.6. The Balaban J connectivity index is 1.95. The fourth-order valence-electron chi connectivity index (χ4n) is 4.57. The van der Waals surface area contributed by atoms with Crippen molar-refractivity contribution < 1.29 is 9.59 Å². The first-order valence-corrected chi connectivity index (χ1v) is 6.89. The van der Waals surface area contributed by atoms with E-state index < -0.39 is 5.54 Å². The Morgan fingerprint density at radius 1 is 1.17 bits per heavy atom. The minimum Gasteiger partial charge on any atom is -0.313 e. The fourth-order valence-corrected chi connectivity index (χ4v) is 4.57. The first kappa shape index (κ1) is 12.0. The van der Waals surface area contributed by atoms with Gasteiger partial charge in [0.1, 0.15) is 5.54 Å². The van der Waals surface area contributed by atoms with Gasteiger partial charge in [0, 0.05) is 7.05 Å². The van der Waals surface area contributed by atoms with E-state index in [1.54, 1.807) is 11.9 Å². The lowest BCUT2D eigenvalue weighted by molar-refractivity contribution is -0.154. The first-order valence-electron chi connectivity index (χ1n) is 6.89. The van der Waals surface area contributed by atoms with Crippen molar-refractivity contribution >= 4 is 11.9 Å². The van der Waals surface area contributed by atoms with Gasteiger partial charge >= 0.3 is 6.03 Å². The molecule has 3 aliphatic carbocycles. The molecule has 1 heterocycles. The standard InChI is InChI=1S/C14H22N2O2/c1-13(2)8-5-6-9(10(13)7-8)14(3)11(17)15-12(18)16(14)4/h8-10H,5-7H2,1-4H3,(H,15,17,18). The van der Waals surface area contributed by atoms with Gasteiger partial charge in [-0.05, 0) is 49.4 Å². The number of urea groups is 1. The summed E-state index contributed by atoms with van der Waals surface area (Å²) >= 11 is 0. The molecule has 0 radical (unpaired) electrons. The third-order valence-electron chi connectivity index (χ3n) is 6.26. The summed E-state index contributed by atoms with van der Waals surface area (Å²) in [5, 5.41) is 2.47. The summed E-state index contributed by atoms with van der Waals surface area (Å²) in [6, 6.07) is -0.248. The first-order chi connectivity index (χ1) is 8.29. The van der Waals surface area contributed by atoms with Crippen molar-refractivity contribution in [3.05, 3.63) is 0 Å². The highest BCUT2D eigenvalue weighted by atomic mass is 16.2. The predicted octanol–water partition coefficient (Wildman–Crippen LogP) is 2.00. The number of rotatable bonds is 1. The smallest absolute Gasteiger partial charge is 0.313 e. The summed E-state index contributed by atoms with van der Waals surface area (Å²) in [4.78, 5) is 25.6. The normalized spacial score (nSPS) is 45.8. The lowest BCUT2D eigenvalue weighted by Gasteiger charge is -2.63. The van der Waals surface area contributed by atoms with Crippen LogP contribution in [0.3, 0.4) is 0 Å². The van der Waals surface area contributed by atoms with Gasteiger partial charge in [-0.3, -0.25) is 10.1 Å². The van der Waals surface area contributed by atoms with E-state index in [1.165, 1.54) is 12.8 Å². The van der Waals surface area contributed by atoms with Gasteiger partial charge in [-0.25, -0.2) is 4.79 Å². The van der Waals surface area contributed by atoms with Gasteiger partial charge in [-0.15, -0.1) is 0 Å². The quantitative estimate of drug-likeness (QED) is 0.724. The molecule has 0 aromatic heterocycles. The molecule has 3 saturated carbocycles. The van der Waals surface area contributed by atoms with Gasteiger partial charge in [0.2, 0.25) is 0 Å². The molecule has 4 rings (SSSR count). The van der Waals surface area contributed by atoms with Crippen LogP contribution in [0.5, 0.6) is 0 Å². The number of hydrogen-bond donors (Lipinski definition) is 1. The van der Waals surface area contributed by atoms with Crippen LogP contribution in [0, 0.1) is 23.2 Å². The fraction of sp³-hybridized carbons (Fsp3) is 0.857. The highest BCUT2D eigenvalue weighted by molar-refractivity contribution is 6.06. The maximum atomic E-state index is 12.2. The van der Waals surface area contributed by atoms with Crippen molar-refractivity contribution in [3.63, 3.8) is 0 Å². The second kappa shape index (κ2) is 3.28. The summed E-state index contributed by atoms with van der Waals surface area (Å²) in [7, 11) is 1.75. The molecule has 4 unspecified atom stereocenters. The summed E-state index contributed by atoms with van der Waals surface area (Å²) in [5.41, 5.74) is -0.316. The van der Waals surface area contributed by atoms with E-state index >= 15 is 0 Å². The molecule has 1 saturated heterocycles. The lowest BCUT2D eigenvalue weighted by Crippen LogP contribution is -2.63. The van der Waals surface area contributed by atoms with E-state index in [1.807, 2.05) is 6.92 Å². The van der Waals surface area contributed by atoms with Crippen LogP contribution in [-0.4, -0.2) is 29.4 Å². The van der Waals surface area contributed by atoms with Crippen molar-refractivity contribution in [1.29, 1.82) is 0 Å². The molecular weight excluding hydrogens is 228 g/mol. The third-order valence-corrected chi connectivity index (χ3v) is 6.26. The molecule has 1 aliphatic heterocycles. The van der Waals surface area contributed by atoms with Crippen molar-refractivity contribution in [2.24, 2.45) is 23.2 Å². The molecule has 3 amide bonds. The minimum atomic E-state index is -0.648. The van der Waals surface area contributed by atoms with Crippen molar-refractivity contribution in [1.82, 2.24) is 10.2 Å². The number of fused-ring (bicyclic) bond motifs is 2. The summed E-state index contributed by atoms with van der Waals surface area (Å²) < 4.78 is 0. The van der Waals surface area contributed by atoms with Crippen LogP contribution in [0.1, 0.15) is 40.0 Å². The molecular formula is C14H22N2O2. The largest absolute Gasteiger partial charge is 0.324 e. The Kier molecular flexibility index (Phi) is 2.19. The second-order valence-corrected chi connectivity index (χ2v) is 7.01. The Labute approximate surface area is 108 Å². The second-order valence-electron chi connectivity index (χ2n) is 7.01. The number of amides is 3. The van der Waals surface area contributed by atoms with Crippen LogP contribution in [0.2, 0.25) is 0 Å². The van der Waals surface area contributed by atoms with Crippen LogP contribution in [-0.2, 0) is 4.79 Å². The zero-order valence-corrected chi connectivity index (χ0v) is 11.6. The maximum Gasteiger partial charge on any atom is 0.324 e. The van der Waals surface area contributed by atoms with Crippen LogP contribution in [0.25, 0.3) is 0 Å². The van der Waals surface area contributed by atoms with Gasteiger partial charge in [-0.1, -0.05) is 13.8 Å². The van der Waals surface area contributed by atoms with Crippen LogP contribution >= 0.6 is 0 Å². The van der Waals surface area contributed by atoms with Gasteiger partial charge < -0.3 is 4.90 Å². The topological polar surface area (TPSA) is 49.4 Å². The number of likely N-dealkylation sites (N-methyl/N-ethyl adjacent to an activating group) is 1. The van der Waals surface area contributed by atoms with Gasteiger partial charge in [-0.2, -0.15) is 0 Å². The summed E-state index contributed by atoms with van der Waals surface area (Å²) in [6.45, 7) is 6.57. The Morgan fingerprint density at radius 2 is 1.83 bits per heavy atom. The highest BCUT2D eigenvalue weighted by Gasteiger charge is 2.63. The average molecular weight is 250 g/mol. The van der Waals surface area contributed by atoms with E-state index in [2.05, 4.69) is 19.2 Å². The molecule has 4 aliphatic rings. The van der Waals surface area contributed by atoms with E-state index in [4.69, 9.17) is 0 Å². The number of carbonyl (C=O) groups excluding carboxylic acids is 2. The lowest BCUT2D eigenvalue weighted by atomic mass is 9.43. The number of nitrogens with one attached hydrogen (secondary N) is 1. The Bertz CT molecular complexity index is 430. The molecule has 0 spiro atoms. The van der Waals surface area contributed by atoms with Crippen LogP contribution < -0.4 is 5.32 Å². The van der Waals surface area contributed by atoms with Crippen molar-refractivity contribution in [2.45, 2.75) is 45.6 Å². The molecule has 4 nitrogen and oxygen atoms in total. The molecule has 4 heteroatoms. The van der Waals surface area contributed by atoms with Gasteiger partial charge in [0.15, 0.2) is 0 Å². The molecule has 18 heavy (non-hydrogen) atoms. The highest BCUT2D eigenvalue weighted by Crippen LogP contribution is 2.64. The SMILES string of the molecule is CN1C(=O)NC(=O)C1(C)C1CCC2CC1C2(C)C. The van der Waals surface area contributed by atoms with Gasteiger partial charge in [0.25, 0.3) is 5.91 Å². The molecule has 2 bridgehead atoms. The minimum absolute atomic E-state index is 0.110. The molecule has 0 aromatic rings. The Morgan fingerprint density at radius 3 is 2.28 bits per heavy atom. The van der Waals surface area contributed by atoms with E-state index in [9.17, 15) is 9.59 Å². The van der Waals surface area contributed by atoms with E-state index in [0.29, 0.717) is 17.3 Å². The van der Waals surface area contributed by atoms with Crippen LogP contribution in [0.15, 0.2) is 0 Å². The molecule has 4 atom stereocenters. The van der Waals surface area contributed by atoms with Gasteiger partial charge in [0.05, 0.1) is 0 Å². The molecule has 4 fully saturated rings. The number of imide groups is 1. The van der Waals surface area contributed by atoms with E-state index in [0.717, 1.165) is 12.3 Å². The Hall–Kier alpha value is -1.06. The van der Waals surface area contributed by atoms with E-state index in [-0.39, 0.29) is 11.9 Å².